The van der Waals surface area contributed by atoms with Crippen LogP contribution in [0, 0.1) is 5.82 Å². The quantitative estimate of drug-likeness (QED) is 0.805. The van der Waals surface area contributed by atoms with Gasteiger partial charge in [0.1, 0.15) is 0 Å². The van der Waals surface area contributed by atoms with Gasteiger partial charge in [0.2, 0.25) is 0 Å². The Hall–Kier alpha value is -2.20. The summed E-state index contributed by atoms with van der Waals surface area (Å²) in [6, 6.07) is 11.2. The third kappa shape index (κ3) is 2.32. The summed E-state index contributed by atoms with van der Waals surface area (Å²) < 4.78 is 14.0. The largest absolute Gasteiger partial charge is 0.307 e. The molecule has 1 amide bonds. The number of benzene rings is 2. The predicted molar refractivity (Wildman–Crippen MR) is 78.5 cm³/mol. The number of para-hydroxylation sites is 1. The number of Topliss-reactive ketones (excluding diaryl/α,β-unsaturated/α-hetero) is 1. The van der Waals surface area contributed by atoms with Crippen LogP contribution >= 0.6 is 11.6 Å². The van der Waals surface area contributed by atoms with Crippen molar-refractivity contribution in [2.75, 3.05) is 11.4 Å². The van der Waals surface area contributed by atoms with Crippen molar-refractivity contribution in [3.63, 3.8) is 0 Å². The Labute approximate surface area is 125 Å². The van der Waals surface area contributed by atoms with Crippen molar-refractivity contribution in [2.45, 2.75) is 6.42 Å². The maximum atomic E-state index is 14.0. The van der Waals surface area contributed by atoms with Crippen LogP contribution < -0.4 is 4.90 Å². The lowest BCUT2D eigenvalue weighted by Crippen LogP contribution is -2.37. The van der Waals surface area contributed by atoms with Gasteiger partial charge in [-0.25, -0.2) is 4.39 Å². The maximum absolute atomic E-state index is 14.0. The molecule has 0 atom stereocenters. The molecule has 0 saturated carbocycles. The summed E-state index contributed by atoms with van der Waals surface area (Å²) >= 11 is 5.72. The first-order valence-electron chi connectivity index (χ1n) is 6.47. The standard InChI is InChI=1S/C16H11ClFNO2/c17-12-6-3-5-11(15(12)18)16(21)19-9-8-14(20)10-4-1-2-7-13(10)19/h1-7H,8-9H2. The molecule has 21 heavy (non-hydrogen) atoms. The van der Waals surface area contributed by atoms with E-state index in [2.05, 4.69) is 0 Å². The number of hydrogen-bond donors (Lipinski definition) is 0. The molecule has 0 spiro atoms. The number of fused-ring (bicyclic) bond motifs is 1. The molecule has 0 aromatic heterocycles. The molecular weight excluding hydrogens is 293 g/mol. The van der Waals surface area contributed by atoms with Crippen LogP contribution in [-0.2, 0) is 0 Å². The highest BCUT2D eigenvalue weighted by Gasteiger charge is 2.29. The Bertz CT molecular complexity index is 745. The lowest BCUT2D eigenvalue weighted by Gasteiger charge is -2.28. The lowest BCUT2D eigenvalue weighted by molar-refractivity contribution is 0.0953. The summed E-state index contributed by atoms with van der Waals surface area (Å²) in [4.78, 5) is 25.9. The predicted octanol–water partition coefficient (Wildman–Crippen LogP) is 3.71. The van der Waals surface area contributed by atoms with Crippen LogP contribution in [0.3, 0.4) is 0 Å². The molecule has 0 radical (unpaired) electrons. The average molecular weight is 304 g/mol. The maximum Gasteiger partial charge on any atom is 0.261 e. The number of halogens is 2. The molecule has 2 aromatic carbocycles. The van der Waals surface area contributed by atoms with Crippen LogP contribution in [0.5, 0.6) is 0 Å². The summed E-state index contributed by atoms with van der Waals surface area (Å²) in [7, 11) is 0. The monoisotopic (exact) mass is 303 g/mol. The van der Waals surface area contributed by atoms with Crippen LogP contribution in [0.15, 0.2) is 42.5 Å². The molecule has 106 valence electrons. The molecule has 0 fully saturated rings. The fourth-order valence-electron chi connectivity index (χ4n) is 2.44. The van der Waals surface area contributed by atoms with Crippen molar-refractivity contribution < 1.29 is 14.0 Å². The second-order valence-electron chi connectivity index (χ2n) is 4.75. The lowest BCUT2D eigenvalue weighted by atomic mass is 9.99. The van der Waals surface area contributed by atoms with Gasteiger partial charge in [-0.15, -0.1) is 0 Å². The molecule has 1 heterocycles. The Morgan fingerprint density at radius 2 is 1.90 bits per heavy atom. The Balaban J connectivity index is 2.05. The molecule has 1 aliphatic heterocycles. The van der Waals surface area contributed by atoms with Gasteiger partial charge >= 0.3 is 0 Å². The molecule has 1 aliphatic rings. The molecule has 5 heteroatoms. The molecular formula is C16H11ClFNO2. The number of amides is 1. The Morgan fingerprint density at radius 1 is 1.14 bits per heavy atom. The van der Waals surface area contributed by atoms with Crippen molar-refractivity contribution in [3.05, 3.63) is 64.4 Å². The fraction of sp³-hybridized carbons (Fsp3) is 0.125. The van der Waals surface area contributed by atoms with E-state index in [9.17, 15) is 14.0 Å². The molecule has 3 rings (SSSR count). The summed E-state index contributed by atoms with van der Waals surface area (Å²) in [6.07, 6.45) is 0.227. The minimum Gasteiger partial charge on any atom is -0.307 e. The van der Waals surface area contributed by atoms with Gasteiger partial charge < -0.3 is 4.90 Å². The van der Waals surface area contributed by atoms with E-state index in [0.717, 1.165) is 0 Å². The van der Waals surface area contributed by atoms with Crippen molar-refractivity contribution in [1.29, 1.82) is 0 Å². The zero-order valence-corrected chi connectivity index (χ0v) is 11.7. The van der Waals surface area contributed by atoms with Crippen molar-refractivity contribution >= 4 is 29.0 Å². The van der Waals surface area contributed by atoms with E-state index in [4.69, 9.17) is 11.6 Å². The first kappa shape index (κ1) is 13.8. The van der Waals surface area contributed by atoms with Crippen LogP contribution in [0.2, 0.25) is 5.02 Å². The number of ketones is 1. The van der Waals surface area contributed by atoms with Crippen LogP contribution in [0.4, 0.5) is 10.1 Å². The number of hydrogen-bond acceptors (Lipinski definition) is 2. The minimum atomic E-state index is -0.737. The Kier molecular flexibility index (Phi) is 3.47. The van der Waals surface area contributed by atoms with Gasteiger partial charge in [-0.05, 0) is 24.3 Å². The van der Waals surface area contributed by atoms with Gasteiger partial charge in [0, 0.05) is 18.5 Å². The van der Waals surface area contributed by atoms with E-state index in [0.29, 0.717) is 11.3 Å². The topological polar surface area (TPSA) is 37.4 Å². The summed E-state index contributed by atoms with van der Waals surface area (Å²) in [6.45, 7) is 0.237. The normalized spacial score (nSPS) is 14.0. The smallest absolute Gasteiger partial charge is 0.261 e. The second-order valence-corrected chi connectivity index (χ2v) is 5.16. The summed E-state index contributed by atoms with van der Waals surface area (Å²) in [5, 5.41) is -0.0952. The first-order chi connectivity index (χ1) is 10.1. The highest BCUT2D eigenvalue weighted by atomic mass is 35.5. The molecule has 0 bridgehead atoms. The number of rotatable bonds is 1. The molecule has 0 saturated heterocycles. The van der Waals surface area contributed by atoms with Crippen LogP contribution in [0.25, 0.3) is 0 Å². The van der Waals surface area contributed by atoms with E-state index >= 15 is 0 Å². The molecule has 3 nitrogen and oxygen atoms in total. The van der Waals surface area contributed by atoms with E-state index in [1.54, 1.807) is 24.3 Å². The van der Waals surface area contributed by atoms with Crippen molar-refractivity contribution in [2.24, 2.45) is 0 Å². The van der Waals surface area contributed by atoms with Gasteiger partial charge in [-0.3, -0.25) is 9.59 Å². The highest BCUT2D eigenvalue weighted by Crippen LogP contribution is 2.29. The fourth-order valence-corrected chi connectivity index (χ4v) is 2.61. The van der Waals surface area contributed by atoms with Gasteiger partial charge in [0.15, 0.2) is 11.6 Å². The van der Waals surface area contributed by atoms with E-state index in [1.807, 2.05) is 0 Å². The molecule has 0 aliphatic carbocycles. The van der Waals surface area contributed by atoms with Crippen molar-refractivity contribution in [3.8, 4) is 0 Å². The second kappa shape index (κ2) is 5.30. The molecule has 0 unspecified atom stereocenters. The number of anilines is 1. The third-order valence-electron chi connectivity index (χ3n) is 3.48. The van der Waals surface area contributed by atoms with Gasteiger partial charge in [-0.2, -0.15) is 0 Å². The SMILES string of the molecule is O=C1CCN(C(=O)c2cccc(Cl)c2F)c2ccccc21. The average Bonchev–Trinajstić information content (AvgIpc) is 2.50. The zero-order valence-electron chi connectivity index (χ0n) is 11.0. The summed E-state index contributed by atoms with van der Waals surface area (Å²) in [5.74, 6) is -1.24. The molecule has 0 N–H and O–H groups in total. The number of carbonyl (C=O) groups is 2. The Morgan fingerprint density at radius 3 is 2.71 bits per heavy atom. The highest BCUT2D eigenvalue weighted by molar-refractivity contribution is 6.31. The number of nitrogens with zero attached hydrogens (tertiary/aromatic N) is 1. The minimum absolute atomic E-state index is 0.0128. The van der Waals surface area contributed by atoms with Gasteiger partial charge in [0.25, 0.3) is 5.91 Å². The van der Waals surface area contributed by atoms with E-state index in [-0.39, 0.29) is 29.3 Å². The van der Waals surface area contributed by atoms with Crippen LogP contribution in [-0.4, -0.2) is 18.2 Å². The first-order valence-corrected chi connectivity index (χ1v) is 6.85. The zero-order chi connectivity index (χ0) is 15.0. The van der Waals surface area contributed by atoms with Gasteiger partial charge in [0.05, 0.1) is 16.3 Å². The van der Waals surface area contributed by atoms with Crippen molar-refractivity contribution in [1.82, 2.24) is 0 Å². The van der Waals surface area contributed by atoms with E-state index in [1.165, 1.54) is 23.1 Å². The molecule has 2 aromatic rings. The number of carbonyl (C=O) groups excluding carboxylic acids is 2. The van der Waals surface area contributed by atoms with E-state index < -0.39 is 11.7 Å². The van der Waals surface area contributed by atoms with Gasteiger partial charge in [-0.1, -0.05) is 29.8 Å². The third-order valence-corrected chi connectivity index (χ3v) is 3.78. The van der Waals surface area contributed by atoms with Crippen LogP contribution in [0.1, 0.15) is 27.1 Å². The summed E-state index contributed by atoms with van der Waals surface area (Å²) in [5.41, 5.74) is 0.907.